The van der Waals surface area contributed by atoms with E-state index in [1.54, 1.807) is 44.1 Å². The van der Waals surface area contributed by atoms with Crippen molar-refractivity contribution >= 4 is 23.4 Å². The Morgan fingerprint density at radius 2 is 2.15 bits per heavy atom. The van der Waals surface area contributed by atoms with Crippen LogP contribution in [-0.4, -0.2) is 17.9 Å². The fourth-order valence-electron chi connectivity index (χ4n) is 1.75. The molecule has 0 bridgehead atoms. The van der Waals surface area contributed by atoms with E-state index in [1.807, 2.05) is 18.2 Å². The smallest absolute Gasteiger partial charge is 0.159 e. The van der Waals surface area contributed by atoms with E-state index in [2.05, 4.69) is 4.98 Å². The largest absolute Gasteiger partial charge is 0.496 e. The summed E-state index contributed by atoms with van der Waals surface area (Å²) in [6, 6.07) is 9.17. The van der Waals surface area contributed by atoms with Gasteiger partial charge < -0.3 is 10.5 Å². The highest BCUT2D eigenvalue weighted by molar-refractivity contribution is 7.98. The molecule has 104 valence electrons. The van der Waals surface area contributed by atoms with Gasteiger partial charge in [-0.3, -0.25) is 4.79 Å². The zero-order valence-electron chi connectivity index (χ0n) is 11.4. The summed E-state index contributed by atoms with van der Waals surface area (Å²) in [7, 11) is 1.63. The molecule has 1 aromatic heterocycles. The van der Waals surface area contributed by atoms with E-state index in [4.69, 9.17) is 10.5 Å². The second-order valence-corrected chi connectivity index (χ2v) is 5.34. The van der Waals surface area contributed by atoms with E-state index in [9.17, 15) is 4.79 Å². The minimum Gasteiger partial charge on any atom is -0.496 e. The molecule has 2 N–H and O–H groups in total. The molecule has 2 rings (SSSR count). The number of rotatable bonds is 5. The molecule has 1 aromatic carbocycles. The molecule has 1 heterocycles. The van der Waals surface area contributed by atoms with Crippen LogP contribution in [-0.2, 0) is 5.75 Å². The van der Waals surface area contributed by atoms with E-state index in [0.717, 1.165) is 16.2 Å². The van der Waals surface area contributed by atoms with Gasteiger partial charge in [-0.2, -0.15) is 0 Å². The predicted octanol–water partition coefficient (Wildman–Crippen LogP) is 3.17. The number of aromatic nitrogens is 1. The minimum absolute atomic E-state index is 0.0491. The van der Waals surface area contributed by atoms with Crippen molar-refractivity contribution in [3.05, 3.63) is 47.7 Å². The molecular formula is C15H16N2O2S. The van der Waals surface area contributed by atoms with Crippen LogP contribution in [0.25, 0.3) is 0 Å². The summed E-state index contributed by atoms with van der Waals surface area (Å²) in [5.74, 6) is 2.04. The fraction of sp³-hybridized carbons (Fsp3) is 0.200. The topological polar surface area (TPSA) is 65.2 Å². The lowest BCUT2D eigenvalue weighted by Gasteiger charge is -2.09. The molecule has 20 heavy (non-hydrogen) atoms. The molecule has 0 aliphatic heterocycles. The Morgan fingerprint density at radius 1 is 1.35 bits per heavy atom. The number of anilines is 1. The molecular weight excluding hydrogens is 272 g/mol. The number of carbonyl (C=O) groups excluding carboxylic acids is 1. The minimum atomic E-state index is 0.0491. The number of nitrogens with zero attached hydrogens (tertiary/aromatic N) is 1. The van der Waals surface area contributed by atoms with E-state index >= 15 is 0 Å². The van der Waals surface area contributed by atoms with Crippen LogP contribution in [0.3, 0.4) is 0 Å². The number of nitrogens with two attached hydrogens (primary N) is 1. The summed E-state index contributed by atoms with van der Waals surface area (Å²) in [5.41, 5.74) is 7.23. The van der Waals surface area contributed by atoms with Gasteiger partial charge >= 0.3 is 0 Å². The van der Waals surface area contributed by atoms with E-state index in [-0.39, 0.29) is 5.78 Å². The number of carbonyl (C=O) groups is 1. The third-order valence-corrected chi connectivity index (χ3v) is 3.87. The van der Waals surface area contributed by atoms with Crippen molar-refractivity contribution in [1.82, 2.24) is 4.98 Å². The van der Waals surface area contributed by atoms with Crippen molar-refractivity contribution in [3.63, 3.8) is 0 Å². The summed E-state index contributed by atoms with van der Waals surface area (Å²) in [6.45, 7) is 1.56. The maximum Gasteiger partial charge on any atom is 0.159 e. The van der Waals surface area contributed by atoms with Crippen LogP contribution in [0.2, 0.25) is 0 Å². The summed E-state index contributed by atoms with van der Waals surface area (Å²) in [5, 5.41) is 0. The van der Waals surface area contributed by atoms with Gasteiger partial charge in [-0.15, -0.1) is 11.8 Å². The molecule has 0 saturated heterocycles. The van der Waals surface area contributed by atoms with Crippen molar-refractivity contribution in [2.45, 2.75) is 17.6 Å². The number of benzene rings is 1. The molecule has 0 aliphatic carbocycles. The highest BCUT2D eigenvalue weighted by Crippen LogP contribution is 2.28. The normalized spacial score (nSPS) is 10.3. The maximum atomic E-state index is 11.4. The molecule has 0 fully saturated rings. The van der Waals surface area contributed by atoms with Crippen molar-refractivity contribution in [2.24, 2.45) is 0 Å². The van der Waals surface area contributed by atoms with Gasteiger partial charge in [-0.25, -0.2) is 4.98 Å². The van der Waals surface area contributed by atoms with Crippen molar-refractivity contribution in [2.75, 3.05) is 12.8 Å². The Bertz CT molecular complexity index is 612. The zero-order chi connectivity index (χ0) is 14.5. The Labute approximate surface area is 122 Å². The van der Waals surface area contributed by atoms with Gasteiger partial charge in [0.05, 0.1) is 7.11 Å². The third-order valence-electron chi connectivity index (χ3n) is 2.84. The molecule has 0 unspecified atom stereocenters. The average molecular weight is 288 g/mol. The average Bonchev–Trinajstić information content (AvgIpc) is 2.46. The number of hydrogen-bond donors (Lipinski definition) is 1. The summed E-state index contributed by atoms with van der Waals surface area (Å²) in [6.07, 6.45) is 1.74. The van der Waals surface area contributed by atoms with Crippen molar-refractivity contribution < 1.29 is 9.53 Å². The second kappa shape index (κ2) is 6.43. The van der Waals surface area contributed by atoms with Gasteiger partial charge in [0.1, 0.15) is 11.6 Å². The zero-order valence-corrected chi connectivity index (χ0v) is 12.2. The number of hydrogen-bond acceptors (Lipinski definition) is 5. The quantitative estimate of drug-likeness (QED) is 0.676. The first-order valence-corrected chi connectivity index (χ1v) is 7.11. The molecule has 0 atom stereocenters. The fourth-order valence-corrected chi connectivity index (χ4v) is 2.59. The van der Waals surface area contributed by atoms with Crippen LogP contribution in [0, 0.1) is 0 Å². The van der Waals surface area contributed by atoms with Crippen molar-refractivity contribution in [3.8, 4) is 5.75 Å². The maximum absolute atomic E-state index is 11.4. The third kappa shape index (κ3) is 3.51. The monoisotopic (exact) mass is 288 g/mol. The van der Waals surface area contributed by atoms with E-state index in [1.165, 1.54) is 0 Å². The van der Waals surface area contributed by atoms with Gasteiger partial charge in [-0.1, -0.05) is 0 Å². The molecule has 0 radical (unpaired) electrons. The Kier molecular flexibility index (Phi) is 4.63. The SMILES string of the molecule is COc1ccc(C(C)=O)cc1CSc1ccc(N)nc1. The highest BCUT2D eigenvalue weighted by atomic mass is 32.2. The number of thioether (sulfide) groups is 1. The van der Waals surface area contributed by atoms with Crippen LogP contribution < -0.4 is 10.5 Å². The standard InChI is InChI=1S/C15H16N2O2S/c1-10(18)11-3-5-14(19-2)12(7-11)9-20-13-4-6-15(16)17-8-13/h3-8H,9H2,1-2H3,(H2,16,17). The first kappa shape index (κ1) is 14.4. The van der Waals surface area contributed by atoms with Gasteiger partial charge in [0.2, 0.25) is 0 Å². The Hall–Kier alpha value is -2.01. The molecule has 0 aliphatic rings. The van der Waals surface area contributed by atoms with Gasteiger partial charge in [-0.05, 0) is 37.3 Å². The van der Waals surface area contributed by atoms with Crippen LogP contribution in [0.4, 0.5) is 5.82 Å². The number of ether oxygens (including phenoxy) is 1. The lowest BCUT2D eigenvalue weighted by molar-refractivity contribution is 0.101. The van der Waals surface area contributed by atoms with Crippen LogP contribution >= 0.6 is 11.8 Å². The number of nitrogen functional groups attached to an aromatic ring is 1. The number of pyridine rings is 1. The van der Waals surface area contributed by atoms with Gasteiger partial charge in [0, 0.05) is 28.0 Å². The summed E-state index contributed by atoms with van der Waals surface area (Å²) >= 11 is 1.62. The first-order chi connectivity index (χ1) is 9.60. The Balaban J connectivity index is 2.16. The van der Waals surface area contributed by atoms with Crippen LogP contribution in [0.1, 0.15) is 22.8 Å². The molecule has 0 saturated carbocycles. The number of methoxy groups -OCH3 is 1. The summed E-state index contributed by atoms with van der Waals surface area (Å²) in [4.78, 5) is 16.5. The number of Topliss-reactive ketones (excluding diaryl/α,β-unsaturated/α-hetero) is 1. The Morgan fingerprint density at radius 3 is 2.75 bits per heavy atom. The van der Waals surface area contributed by atoms with Crippen LogP contribution in [0.15, 0.2) is 41.4 Å². The van der Waals surface area contributed by atoms with Gasteiger partial charge in [0.25, 0.3) is 0 Å². The molecule has 4 nitrogen and oxygen atoms in total. The predicted molar refractivity (Wildman–Crippen MR) is 81.2 cm³/mol. The molecule has 5 heteroatoms. The van der Waals surface area contributed by atoms with Gasteiger partial charge in [0.15, 0.2) is 5.78 Å². The van der Waals surface area contributed by atoms with Crippen LogP contribution in [0.5, 0.6) is 5.75 Å². The number of ketones is 1. The lowest BCUT2D eigenvalue weighted by atomic mass is 10.1. The lowest BCUT2D eigenvalue weighted by Crippen LogP contribution is -1.97. The van der Waals surface area contributed by atoms with Crippen molar-refractivity contribution in [1.29, 1.82) is 0 Å². The molecule has 0 spiro atoms. The van der Waals surface area contributed by atoms with E-state index in [0.29, 0.717) is 17.1 Å². The molecule has 2 aromatic rings. The van der Waals surface area contributed by atoms with E-state index < -0.39 is 0 Å². The second-order valence-electron chi connectivity index (χ2n) is 4.29. The summed E-state index contributed by atoms with van der Waals surface area (Å²) < 4.78 is 5.33. The highest BCUT2D eigenvalue weighted by Gasteiger charge is 2.08. The molecule has 0 amide bonds. The first-order valence-electron chi connectivity index (χ1n) is 6.12.